The third-order valence-electron chi connectivity index (χ3n) is 3.01. The molecule has 0 fully saturated rings. The molecule has 1 aromatic heterocycles. The van der Waals surface area contributed by atoms with E-state index in [1.54, 1.807) is 12.1 Å². The summed E-state index contributed by atoms with van der Waals surface area (Å²) in [7, 11) is 0. The molecule has 1 amide bonds. The Bertz CT molecular complexity index is 698. The zero-order chi connectivity index (χ0) is 16.8. The lowest BCUT2D eigenvalue weighted by molar-refractivity contribution is -0.133. The first-order valence-electron chi connectivity index (χ1n) is 6.91. The maximum Gasteiger partial charge on any atom is 0.313 e. The van der Waals surface area contributed by atoms with Gasteiger partial charge in [-0.1, -0.05) is 12.1 Å². The van der Waals surface area contributed by atoms with Crippen LogP contribution in [0, 0.1) is 12.7 Å². The van der Waals surface area contributed by atoms with Gasteiger partial charge in [-0.15, -0.1) is 23.1 Å². The van der Waals surface area contributed by atoms with Crippen LogP contribution in [-0.4, -0.2) is 35.0 Å². The van der Waals surface area contributed by atoms with E-state index in [1.165, 1.54) is 35.2 Å². The van der Waals surface area contributed by atoms with Gasteiger partial charge in [-0.25, -0.2) is 4.39 Å². The number of nitrogens with one attached hydrogen (secondary N) is 1. The monoisotopic (exact) mass is 353 g/mol. The van der Waals surface area contributed by atoms with Crippen molar-refractivity contribution in [2.24, 2.45) is 0 Å². The molecule has 122 valence electrons. The van der Waals surface area contributed by atoms with Crippen LogP contribution in [0.25, 0.3) is 10.4 Å². The van der Waals surface area contributed by atoms with Crippen molar-refractivity contribution in [2.45, 2.75) is 6.92 Å². The first kappa shape index (κ1) is 17.5. The van der Waals surface area contributed by atoms with Gasteiger partial charge in [0, 0.05) is 17.2 Å². The summed E-state index contributed by atoms with van der Waals surface area (Å²) in [6, 6.07) is 7.99. The minimum Gasteiger partial charge on any atom is -0.481 e. The fourth-order valence-electron chi connectivity index (χ4n) is 1.97. The minimum absolute atomic E-state index is 0.0305. The lowest BCUT2D eigenvalue weighted by atomic mass is 10.1. The first-order chi connectivity index (χ1) is 11.0. The van der Waals surface area contributed by atoms with Gasteiger partial charge in [0.15, 0.2) is 0 Å². The molecule has 2 rings (SSSR count). The number of aliphatic carboxylic acids is 1. The molecular formula is C16H16FNO3S2. The summed E-state index contributed by atoms with van der Waals surface area (Å²) in [5, 5.41) is 11.3. The van der Waals surface area contributed by atoms with E-state index in [2.05, 4.69) is 5.32 Å². The quantitative estimate of drug-likeness (QED) is 0.749. The Balaban J connectivity index is 1.96. The molecule has 2 aromatic rings. The molecule has 23 heavy (non-hydrogen) atoms. The fraction of sp³-hybridized carbons (Fsp3) is 0.250. The predicted octanol–water partition coefficient (Wildman–Crippen LogP) is 3.41. The topological polar surface area (TPSA) is 66.4 Å². The van der Waals surface area contributed by atoms with Gasteiger partial charge in [-0.3, -0.25) is 9.59 Å². The summed E-state index contributed by atoms with van der Waals surface area (Å²) in [5.74, 6) is -0.753. The third kappa shape index (κ3) is 5.07. The molecule has 0 unspecified atom stereocenters. The highest BCUT2D eigenvalue weighted by Crippen LogP contribution is 2.32. The van der Waals surface area contributed by atoms with E-state index in [-0.39, 0.29) is 17.5 Å². The highest BCUT2D eigenvalue weighted by atomic mass is 32.2. The number of carboxylic acid groups (broad SMARTS) is 1. The van der Waals surface area contributed by atoms with Crippen LogP contribution in [-0.2, 0) is 4.79 Å². The van der Waals surface area contributed by atoms with Crippen LogP contribution in [0.3, 0.4) is 0 Å². The summed E-state index contributed by atoms with van der Waals surface area (Å²) in [6.07, 6.45) is 0. The van der Waals surface area contributed by atoms with Crippen molar-refractivity contribution in [3.05, 3.63) is 46.6 Å². The van der Waals surface area contributed by atoms with Gasteiger partial charge in [-0.2, -0.15) is 0 Å². The number of hydrogen-bond acceptors (Lipinski definition) is 4. The molecule has 0 aliphatic rings. The highest BCUT2D eigenvalue weighted by Gasteiger charge is 2.13. The van der Waals surface area contributed by atoms with E-state index >= 15 is 0 Å². The number of amides is 1. The van der Waals surface area contributed by atoms with Crippen LogP contribution in [0.4, 0.5) is 4.39 Å². The predicted molar refractivity (Wildman–Crippen MR) is 91.7 cm³/mol. The molecule has 0 saturated heterocycles. The highest BCUT2D eigenvalue weighted by molar-refractivity contribution is 7.99. The molecule has 1 heterocycles. The Kier molecular flexibility index (Phi) is 6.18. The van der Waals surface area contributed by atoms with Crippen LogP contribution in [0.15, 0.2) is 30.3 Å². The van der Waals surface area contributed by atoms with Crippen LogP contribution < -0.4 is 5.32 Å². The van der Waals surface area contributed by atoms with Gasteiger partial charge in [-0.05, 0) is 36.2 Å². The van der Waals surface area contributed by atoms with Gasteiger partial charge >= 0.3 is 5.97 Å². The number of benzene rings is 1. The summed E-state index contributed by atoms with van der Waals surface area (Å²) < 4.78 is 13.0. The second-order valence-electron chi connectivity index (χ2n) is 4.83. The van der Waals surface area contributed by atoms with Crippen LogP contribution in [0.1, 0.15) is 15.2 Å². The lowest BCUT2D eigenvalue weighted by Crippen LogP contribution is -2.25. The second kappa shape index (κ2) is 8.12. The average molecular weight is 353 g/mol. The van der Waals surface area contributed by atoms with Crippen LogP contribution >= 0.6 is 23.1 Å². The van der Waals surface area contributed by atoms with Gasteiger partial charge in [0.25, 0.3) is 5.91 Å². The molecule has 0 radical (unpaired) electrons. The molecule has 1 aromatic carbocycles. The van der Waals surface area contributed by atoms with Gasteiger partial charge < -0.3 is 10.4 Å². The maximum absolute atomic E-state index is 13.0. The van der Waals surface area contributed by atoms with Gasteiger partial charge in [0.1, 0.15) is 5.82 Å². The largest absolute Gasteiger partial charge is 0.481 e. The number of aryl methyl sites for hydroxylation is 1. The normalized spacial score (nSPS) is 10.5. The van der Waals surface area contributed by atoms with E-state index in [1.807, 2.05) is 13.0 Å². The van der Waals surface area contributed by atoms with Crippen LogP contribution in [0.2, 0.25) is 0 Å². The van der Waals surface area contributed by atoms with Crippen molar-refractivity contribution in [1.82, 2.24) is 5.32 Å². The fourth-order valence-corrected chi connectivity index (χ4v) is 3.62. The van der Waals surface area contributed by atoms with Crippen LogP contribution in [0.5, 0.6) is 0 Å². The Morgan fingerprint density at radius 3 is 2.65 bits per heavy atom. The van der Waals surface area contributed by atoms with Crippen molar-refractivity contribution in [1.29, 1.82) is 0 Å². The van der Waals surface area contributed by atoms with Crippen molar-refractivity contribution >= 4 is 35.0 Å². The van der Waals surface area contributed by atoms with E-state index in [4.69, 9.17) is 5.11 Å². The number of rotatable bonds is 7. The Labute approximate surface area is 141 Å². The minimum atomic E-state index is -0.862. The number of carbonyl (C=O) groups is 2. The van der Waals surface area contributed by atoms with E-state index < -0.39 is 5.97 Å². The zero-order valence-electron chi connectivity index (χ0n) is 12.5. The average Bonchev–Trinajstić information content (AvgIpc) is 2.89. The molecule has 4 nitrogen and oxygen atoms in total. The first-order valence-corrected chi connectivity index (χ1v) is 8.88. The number of halogens is 1. The Morgan fingerprint density at radius 1 is 1.30 bits per heavy atom. The molecule has 0 bridgehead atoms. The van der Waals surface area contributed by atoms with Gasteiger partial charge in [0.2, 0.25) is 0 Å². The summed E-state index contributed by atoms with van der Waals surface area (Å²) >= 11 is 2.62. The molecule has 0 aliphatic heterocycles. The standard InChI is InChI=1S/C16H16FNO3S2/c1-10-8-13(16(21)18-6-7-22-9-14(19)20)23-15(10)11-2-4-12(17)5-3-11/h2-5,8H,6-7,9H2,1H3,(H,18,21)(H,19,20). The van der Waals surface area contributed by atoms with Crippen molar-refractivity contribution in [3.63, 3.8) is 0 Å². The van der Waals surface area contributed by atoms with Crippen molar-refractivity contribution in [2.75, 3.05) is 18.1 Å². The summed E-state index contributed by atoms with van der Waals surface area (Å²) in [4.78, 5) is 24.0. The number of hydrogen-bond donors (Lipinski definition) is 2. The molecular weight excluding hydrogens is 337 g/mol. The second-order valence-corrected chi connectivity index (χ2v) is 6.99. The SMILES string of the molecule is Cc1cc(C(=O)NCCSCC(=O)O)sc1-c1ccc(F)cc1. The molecule has 0 atom stereocenters. The van der Waals surface area contributed by atoms with E-state index in [9.17, 15) is 14.0 Å². The summed E-state index contributed by atoms with van der Waals surface area (Å²) in [5.41, 5.74) is 1.84. The Hall–Kier alpha value is -1.86. The summed E-state index contributed by atoms with van der Waals surface area (Å²) in [6.45, 7) is 2.33. The third-order valence-corrected chi connectivity index (χ3v) is 5.23. The number of carboxylic acids is 1. The lowest BCUT2D eigenvalue weighted by Gasteiger charge is -2.02. The zero-order valence-corrected chi connectivity index (χ0v) is 14.1. The van der Waals surface area contributed by atoms with Crippen molar-refractivity contribution < 1.29 is 19.1 Å². The maximum atomic E-state index is 13.0. The van der Waals surface area contributed by atoms with Gasteiger partial charge in [0.05, 0.1) is 10.6 Å². The molecule has 0 saturated carbocycles. The van der Waals surface area contributed by atoms with E-state index in [0.29, 0.717) is 17.2 Å². The smallest absolute Gasteiger partial charge is 0.313 e. The number of thioether (sulfide) groups is 1. The molecule has 2 N–H and O–H groups in total. The molecule has 7 heteroatoms. The van der Waals surface area contributed by atoms with E-state index in [0.717, 1.165) is 16.0 Å². The number of carbonyl (C=O) groups excluding carboxylic acids is 1. The Morgan fingerprint density at radius 2 is 2.00 bits per heavy atom. The van der Waals surface area contributed by atoms with Crippen molar-refractivity contribution in [3.8, 4) is 10.4 Å². The molecule has 0 aliphatic carbocycles. The molecule has 0 spiro atoms. The number of thiophene rings is 1.